The molecule has 0 aliphatic heterocycles. The smallest absolute Gasteiger partial charge is 0.197 e. The molecule has 36 heavy (non-hydrogen) atoms. The molecular weight excluding hydrogens is 444 g/mol. The number of pyridine rings is 2. The first-order chi connectivity index (χ1) is 24.4. The molecule has 5 aromatic carbocycles. The zero-order chi connectivity index (χ0) is 37.6. The van der Waals surface area contributed by atoms with E-state index in [1.165, 1.54) is 0 Å². The Labute approximate surface area is 225 Å². The first-order valence-electron chi connectivity index (χ1n) is 18.7. The van der Waals surface area contributed by atoms with Crippen LogP contribution in [0.4, 0.5) is 0 Å². The van der Waals surface area contributed by atoms with Crippen molar-refractivity contribution in [3.63, 3.8) is 0 Å². The highest BCUT2D eigenvalue weighted by Crippen LogP contribution is 2.40. The Kier molecular flexibility index (Phi) is 1.54. The molecule has 4 heterocycles. The van der Waals surface area contributed by atoms with Gasteiger partial charge < -0.3 is 8.80 Å². The van der Waals surface area contributed by atoms with Crippen LogP contribution in [0, 0.1) is 0 Å². The van der Waals surface area contributed by atoms with Crippen LogP contribution in [-0.4, -0.2) is 8.80 Å². The third-order valence-corrected chi connectivity index (χ3v) is 6.74. The topological polar surface area (TPSA) is 43.0 Å². The van der Waals surface area contributed by atoms with Gasteiger partial charge in [0, 0.05) is 43.1 Å². The molecule has 166 valence electrons. The van der Waals surface area contributed by atoms with Gasteiger partial charge in [0.05, 0.1) is 55.0 Å². The van der Waals surface area contributed by atoms with Gasteiger partial charge in [0.2, 0.25) is 0 Å². The lowest BCUT2D eigenvalue weighted by molar-refractivity contribution is 1.32. The Morgan fingerprint density at radius 2 is 0.833 bits per heavy atom. The van der Waals surface area contributed by atoms with Crippen LogP contribution in [0.3, 0.4) is 0 Å². The lowest BCUT2D eigenvalue weighted by atomic mass is 10.1. The van der Waals surface area contributed by atoms with Crippen molar-refractivity contribution in [1.82, 2.24) is 8.80 Å². The van der Waals surface area contributed by atoms with Crippen LogP contribution in [0.15, 0.2) is 106 Å². The van der Waals surface area contributed by atoms with Gasteiger partial charge in [-0.1, -0.05) is 48.3 Å². The van der Waals surface area contributed by atoms with Crippen molar-refractivity contribution in [3.05, 3.63) is 117 Å². The van der Waals surface area contributed by atoms with E-state index in [-0.39, 0.29) is 43.6 Å². The molecule has 4 aromatic heterocycles. The monoisotopic (exact) mass is 476 g/mol. The molecule has 0 N–H and O–H groups in total. The van der Waals surface area contributed by atoms with Gasteiger partial charge in [0.1, 0.15) is 0 Å². The van der Waals surface area contributed by atoms with Crippen molar-refractivity contribution >= 4 is 76.2 Å². The standard InChI is InChI=1S/C32H16N2O2/c35-31-19-7-1-3-13-25(19)33-27-16-28-24(15-23(27)17-9-5-11-21(31)29(17)33)18-10-6-12-22-30(18)34(28)26-14-4-2-8-20(26)32(22)36/h1-16H/i1D,2D,3D,4D,5D,6D,7D,8D,9D,10D,11D,12D,13D,14D,15D,16D. The summed E-state index contributed by atoms with van der Waals surface area (Å²) >= 11 is 0. The van der Waals surface area contributed by atoms with E-state index in [0.29, 0.717) is 0 Å². The predicted octanol–water partition coefficient (Wildman–Crippen LogP) is 6.71. The largest absolute Gasteiger partial charge is 0.308 e. The van der Waals surface area contributed by atoms with E-state index in [2.05, 4.69) is 0 Å². The molecule has 4 heteroatoms. The summed E-state index contributed by atoms with van der Waals surface area (Å²) in [6, 6.07) is -11.5. The maximum absolute atomic E-state index is 14.1. The predicted molar refractivity (Wildman–Crippen MR) is 148 cm³/mol. The van der Waals surface area contributed by atoms with Crippen LogP contribution in [0.1, 0.15) is 21.9 Å². The van der Waals surface area contributed by atoms with Gasteiger partial charge in [-0.25, -0.2) is 0 Å². The summed E-state index contributed by atoms with van der Waals surface area (Å²) in [4.78, 5) is 28.2. The molecule has 0 amide bonds. The summed E-state index contributed by atoms with van der Waals surface area (Å²) in [5, 5.41) is -3.36. The number of fused-ring (bicyclic) bond motifs is 10. The van der Waals surface area contributed by atoms with E-state index >= 15 is 0 Å². The molecule has 0 unspecified atom stereocenters. The summed E-state index contributed by atoms with van der Waals surface area (Å²) in [7, 11) is 0. The molecule has 4 nitrogen and oxygen atoms in total. The maximum atomic E-state index is 14.1. The van der Waals surface area contributed by atoms with E-state index in [4.69, 9.17) is 19.2 Å². The highest BCUT2D eigenvalue weighted by Gasteiger charge is 2.21. The van der Waals surface area contributed by atoms with Gasteiger partial charge in [0.25, 0.3) is 0 Å². The van der Waals surface area contributed by atoms with E-state index in [0.717, 1.165) is 8.80 Å². The molecular formula is C32H16N2O2. The van der Waals surface area contributed by atoms with Crippen molar-refractivity contribution in [1.29, 1.82) is 0 Å². The van der Waals surface area contributed by atoms with Crippen molar-refractivity contribution in [3.8, 4) is 0 Å². The van der Waals surface area contributed by atoms with Crippen LogP contribution in [0.5, 0.6) is 0 Å². The van der Waals surface area contributed by atoms with Crippen molar-refractivity contribution in [2.45, 2.75) is 0 Å². The van der Waals surface area contributed by atoms with Gasteiger partial charge in [-0.2, -0.15) is 0 Å². The van der Waals surface area contributed by atoms with Crippen LogP contribution in [0.25, 0.3) is 76.2 Å². The average molecular weight is 477 g/mol. The first-order valence-corrected chi connectivity index (χ1v) is 10.7. The Hall–Kier alpha value is -4.96. The Bertz CT molecular complexity index is 3190. The lowest BCUT2D eigenvalue weighted by Gasteiger charge is -2.08. The second-order valence-corrected chi connectivity index (χ2v) is 8.42. The molecule has 0 atom stereocenters. The summed E-state index contributed by atoms with van der Waals surface area (Å²) < 4.78 is 142. The SMILES string of the molecule is [2H]c1c([2H])c([2H])c2c(c1[2H])c(=O)c1c([2H])c([2H])c([2H])c3c4c([2H])c5c6c([2H])c([2H])c([2H])c7c(=O)c8c([2H])c([2H])c([2H])c([2H])c8n(c5c([2H])c4n2c13)c76. The van der Waals surface area contributed by atoms with Crippen LogP contribution in [0.2, 0.25) is 0 Å². The van der Waals surface area contributed by atoms with E-state index in [9.17, 15) is 12.3 Å². The molecule has 0 aliphatic rings. The highest BCUT2D eigenvalue weighted by molar-refractivity contribution is 6.24. The Morgan fingerprint density at radius 3 is 1.33 bits per heavy atom. The number of aromatic nitrogens is 2. The fourth-order valence-electron chi connectivity index (χ4n) is 5.31. The van der Waals surface area contributed by atoms with Crippen LogP contribution >= 0.6 is 0 Å². The number of nitrogens with zero attached hydrogens (tertiary/aromatic N) is 2. The summed E-state index contributed by atoms with van der Waals surface area (Å²) in [6.07, 6.45) is 0. The zero-order valence-corrected chi connectivity index (χ0v) is 17.7. The Morgan fingerprint density at radius 1 is 0.417 bits per heavy atom. The number of hydrogen-bond acceptors (Lipinski definition) is 2. The number of rotatable bonds is 0. The minimum Gasteiger partial charge on any atom is -0.308 e. The van der Waals surface area contributed by atoms with E-state index in [1.807, 2.05) is 0 Å². The summed E-state index contributed by atoms with van der Waals surface area (Å²) in [5.41, 5.74) is -4.23. The third-order valence-electron chi connectivity index (χ3n) is 6.74. The van der Waals surface area contributed by atoms with E-state index < -0.39 is 140 Å². The van der Waals surface area contributed by atoms with Gasteiger partial charge in [0.15, 0.2) is 10.9 Å². The third kappa shape index (κ3) is 1.92. The van der Waals surface area contributed by atoms with Gasteiger partial charge >= 0.3 is 0 Å². The molecule has 0 spiro atoms. The van der Waals surface area contributed by atoms with Gasteiger partial charge in [-0.15, -0.1) is 0 Å². The summed E-state index contributed by atoms with van der Waals surface area (Å²) in [6.45, 7) is 0. The minimum absolute atomic E-state index is 0.278. The molecule has 9 aromatic rings. The molecule has 0 fully saturated rings. The van der Waals surface area contributed by atoms with E-state index in [1.54, 1.807) is 0 Å². The van der Waals surface area contributed by atoms with Gasteiger partial charge in [-0.3, -0.25) is 9.59 Å². The Balaban J connectivity index is 1.79. The van der Waals surface area contributed by atoms with Crippen molar-refractivity contribution in [2.75, 3.05) is 0 Å². The number of para-hydroxylation sites is 4. The molecule has 0 bridgehead atoms. The molecule has 0 radical (unpaired) electrons. The highest BCUT2D eigenvalue weighted by atomic mass is 16.1. The quantitative estimate of drug-likeness (QED) is 0.228. The van der Waals surface area contributed by atoms with Crippen LogP contribution < -0.4 is 10.9 Å². The van der Waals surface area contributed by atoms with Crippen molar-refractivity contribution in [2.24, 2.45) is 0 Å². The molecule has 0 saturated carbocycles. The second kappa shape index (κ2) is 5.99. The average Bonchev–Trinajstić information content (AvgIpc) is 3.65. The molecule has 9 rings (SSSR count). The van der Waals surface area contributed by atoms with Crippen molar-refractivity contribution < 1.29 is 21.9 Å². The molecule has 0 aliphatic carbocycles. The molecule has 0 saturated heterocycles. The number of benzene rings is 5. The zero-order valence-electron chi connectivity index (χ0n) is 33.7. The fraction of sp³-hybridized carbons (Fsp3) is 0. The number of hydrogen-bond donors (Lipinski definition) is 0. The van der Waals surface area contributed by atoms with Crippen LogP contribution in [-0.2, 0) is 0 Å². The second-order valence-electron chi connectivity index (χ2n) is 8.42. The van der Waals surface area contributed by atoms with Gasteiger partial charge in [-0.05, 0) is 48.3 Å². The minimum atomic E-state index is -1.05. The maximum Gasteiger partial charge on any atom is 0.197 e. The normalized spacial score (nSPS) is 18.9. The fourth-order valence-corrected chi connectivity index (χ4v) is 5.31. The lowest BCUT2D eigenvalue weighted by Crippen LogP contribution is -2.06. The summed E-state index contributed by atoms with van der Waals surface area (Å²) in [5.74, 6) is 0. The first kappa shape index (κ1) is 9.25.